The third-order valence-corrected chi connectivity index (χ3v) is 5.92. The van der Waals surface area contributed by atoms with Crippen LogP contribution in [0.25, 0.3) is 0 Å². The van der Waals surface area contributed by atoms with Crippen LogP contribution in [0.1, 0.15) is 33.2 Å². The number of fused-ring (bicyclic) bond motifs is 2. The summed E-state index contributed by atoms with van der Waals surface area (Å²) in [4.78, 5) is 24.7. The van der Waals surface area contributed by atoms with E-state index in [0.29, 0.717) is 5.56 Å². The Morgan fingerprint density at radius 3 is 2.67 bits per heavy atom. The summed E-state index contributed by atoms with van der Waals surface area (Å²) in [6.07, 6.45) is 1.20. The second kappa shape index (κ2) is 7.81. The number of carbonyl (C=O) groups is 1. The summed E-state index contributed by atoms with van der Waals surface area (Å²) in [5, 5.41) is 19.1. The molecule has 0 bridgehead atoms. The van der Waals surface area contributed by atoms with Gasteiger partial charge in [0.25, 0.3) is 5.91 Å². The van der Waals surface area contributed by atoms with E-state index in [-0.39, 0.29) is 11.3 Å². The van der Waals surface area contributed by atoms with Crippen molar-refractivity contribution in [3.05, 3.63) is 92.9 Å². The minimum atomic E-state index is -1.13. The van der Waals surface area contributed by atoms with Gasteiger partial charge >= 0.3 is 0 Å². The summed E-state index contributed by atoms with van der Waals surface area (Å²) in [5.41, 5.74) is 4.31. The second-order valence-corrected chi connectivity index (χ2v) is 7.52. The maximum absolute atomic E-state index is 14.6. The third-order valence-electron chi connectivity index (χ3n) is 4.80. The molecule has 1 unspecified atom stereocenters. The lowest BCUT2D eigenvalue weighted by Crippen LogP contribution is -2.32. The van der Waals surface area contributed by atoms with E-state index >= 15 is 0 Å². The van der Waals surface area contributed by atoms with Crippen LogP contribution < -0.4 is 16.3 Å². The van der Waals surface area contributed by atoms with Crippen LogP contribution in [-0.4, -0.2) is 20.9 Å². The van der Waals surface area contributed by atoms with Crippen LogP contribution in [0.4, 0.5) is 8.78 Å². The molecule has 0 saturated heterocycles. The average Bonchev–Trinajstić information content (AvgIpc) is 2.90. The Labute approximate surface area is 172 Å². The maximum Gasteiger partial charge on any atom is 0.297 e. The Balaban J connectivity index is 1.92. The first kappa shape index (κ1) is 19.9. The molecule has 2 heterocycles. The molecule has 1 atom stereocenters. The monoisotopic (exact) mass is 431 g/mol. The lowest BCUT2D eigenvalue weighted by Gasteiger charge is -2.25. The molecule has 2 aromatic carbocycles. The molecule has 30 heavy (non-hydrogen) atoms. The second-order valence-electron chi connectivity index (χ2n) is 6.51. The van der Waals surface area contributed by atoms with Gasteiger partial charge in [0, 0.05) is 28.5 Å². The molecule has 0 spiro atoms. The van der Waals surface area contributed by atoms with Crippen molar-refractivity contribution in [3.63, 3.8) is 0 Å². The zero-order valence-electron chi connectivity index (χ0n) is 15.2. The number of rotatable bonds is 3. The first-order valence-corrected chi connectivity index (χ1v) is 9.75. The minimum Gasteiger partial charge on any atom is -0.502 e. The van der Waals surface area contributed by atoms with Gasteiger partial charge in [-0.15, -0.1) is 11.8 Å². The Morgan fingerprint density at radius 2 is 1.90 bits per heavy atom. The number of hydroxylamine groups is 1. The van der Waals surface area contributed by atoms with Crippen LogP contribution in [0, 0.1) is 11.6 Å². The van der Waals surface area contributed by atoms with Crippen molar-refractivity contribution < 1.29 is 23.9 Å². The van der Waals surface area contributed by atoms with E-state index in [0.717, 1.165) is 27.3 Å². The molecule has 10 heteroatoms. The van der Waals surface area contributed by atoms with Gasteiger partial charge < -0.3 is 10.5 Å². The molecule has 4 N–H and O–H groups in total. The number of pyridine rings is 1. The fourth-order valence-electron chi connectivity index (χ4n) is 3.37. The summed E-state index contributed by atoms with van der Waals surface area (Å²) < 4.78 is 29.5. The van der Waals surface area contributed by atoms with Crippen LogP contribution in [0.15, 0.2) is 58.4 Å². The van der Waals surface area contributed by atoms with Crippen molar-refractivity contribution in [3.8, 4) is 5.75 Å². The van der Waals surface area contributed by atoms with Gasteiger partial charge in [0.05, 0.1) is 6.04 Å². The summed E-state index contributed by atoms with van der Waals surface area (Å²) >= 11 is 1.34. The number of benzene rings is 2. The molecular weight excluding hydrogens is 416 g/mol. The Kier molecular flexibility index (Phi) is 5.18. The van der Waals surface area contributed by atoms with Gasteiger partial charge in [0.15, 0.2) is 23.1 Å². The van der Waals surface area contributed by atoms with E-state index in [1.807, 2.05) is 12.1 Å². The molecule has 3 aromatic rings. The molecule has 1 amide bonds. The van der Waals surface area contributed by atoms with Crippen molar-refractivity contribution in [2.75, 3.05) is 5.43 Å². The summed E-state index contributed by atoms with van der Waals surface area (Å²) in [5.74, 6) is -3.75. The normalized spacial score (nSPS) is 15.0. The van der Waals surface area contributed by atoms with Crippen molar-refractivity contribution >= 4 is 17.7 Å². The zero-order valence-corrected chi connectivity index (χ0v) is 16.0. The van der Waals surface area contributed by atoms with Gasteiger partial charge in [0.1, 0.15) is 0 Å². The number of carbonyl (C=O) groups excluding carboxylic acids is 1. The van der Waals surface area contributed by atoms with Crippen LogP contribution >= 0.6 is 11.8 Å². The molecule has 7 nitrogen and oxygen atoms in total. The summed E-state index contributed by atoms with van der Waals surface area (Å²) in [6, 6.07) is 9.96. The number of nitrogens with zero attached hydrogens (tertiary/aromatic N) is 1. The van der Waals surface area contributed by atoms with E-state index in [1.165, 1.54) is 29.5 Å². The molecule has 0 fully saturated rings. The fraction of sp³-hybridized carbons (Fsp3) is 0.100. The zero-order chi connectivity index (χ0) is 21.4. The van der Waals surface area contributed by atoms with E-state index < -0.39 is 40.5 Å². The van der Waals surface area contributed by atoms with E-state index in [2.05, 4.69) is 5.43 Å². The van der Waals surface area contributed by atoms with Crippen LogP contribution in [-0.2, 0) is 5.75 Å². The van der Waals surface area contributed by atoms with Crippen molar-refractivity contribution in [1.29, 1.82) is 0 Å². The highest BCUT2D eigenvalue weighted by atomic mass is 32.2. The highest BCUT2D eigenvalue weighted by Crippen LogP contribution is 2.41. The number of aromatic hydroxyl groups is 1. The van der Waals surface area contributed by atoms with E-state index in [4.69, 9.17) is 5.21 Å². The summed E-state index contributed by atoms with van der Waals surface area (Å²) in [7, 11) is 0. The molecule has 0 saturated carbocycles. The van der Waals surface area contributed by atoms with Crippen molar-refractivity contribution in [2.45, 2.75) is 16.7 Å². The highest BCUT2D eigenvalue weighted by molar-refractivity contribution is 7.98. The Hall–Kier alpha value is -3.37. The quantitative estimate of drug-likeness (QED) is 0.376. The predicted molar refractivity (Wildman–Crippen MR) is 105 cm³/mol. The molecule has 1 aromatic heterocycles. The molecule has 0 aliphatic carbocycles. The number of amides is 1. The number of halogens is 2. The van der Waals surface area contributed by atoms with Crippen LogP contribution in [0.5, 0.6) is 5.75 Å². The number of thioether (sulfide) groups is 1. The van der Waals surface area contributed by atoms with Gasteiger partial charge in [-0.3, -0.25) is 19.5 Å². The predicted octanol–water partition coefficient (Wildman–Crippen LogP) is 2.89. The maximum atomic E-state index is 14.6. The lowest BCUT2D eigenvalue weighted by molar-refractivity contribution is 0.0692. The smallest absolute Gasteiger partial charge is 0.297 e. The Morgan fingerprint density at radius 1 is 1.13 bits per heavy atom. The first-order chi connectivity index (χ1) is 14.4. The van der Waals surface area contributed by atoms with Gasteiger partial charge in [-0.1, -0.05) is 24.3 Å². The first-order valence-electron chi connectivity index (χ1n) is 8.76. The number of aromatic nitrogens is 1. The van der Waals surface area contributed by atoms with Crippen molar-refractivity contribution in [2.24, 2.45) is 0 Å². The minimum absolute atomic E-state index is 0.159. The van der Waals surface area contributed by atoms with Crippen molar-refractivity contribution in [1.82, 2.24) is 10.2 Å². The average molecular weight is 431 g/mol. The van der Waals surface area contributed by atoms with Crippen LogP contribution in [0.2, 0.25) is 0 Å². The van der Waals surface area contributed by atoms with E-state index in [9.17, 15) is 23.5 Å². The number of nitrogens with one attached hydrogen (secondary N) is 2. The molecule has 1 aliphatic heterocycles. The largest absolute Gasteiger partial charge is 0.502 e. The lowest BCUT2D eigenvalue weighted by atomic mass is 9.95. The molecule has 4 rings (SSSR count). The highest BCUT2D eigenvalue weighted by Gasteiger charge is 2.29. The molecule has 0 radical (unpaired) electrons. The van der Waals surface area contributed by atoms with E-state index in [1.54, 1.807) is 12.1 Å². The van der Waals surface area contributed by atoms with Gasteiger partial charge in [0.2, 0.25) is 5.43 Å². The molecule has 1 aliphatic rings. The standard InChI is InChI=1S/C20H15F2N3O4S/c21-13-6-5-10-12(16(13)22)9-30-15-4-2-1-3-11(15)17(10)23-25-8-7-14(26)19(27)18(25)20(28)24-29/h1-8,17,23,27,29H,9H2,(H,24,28). The topological polar surface area (TPSA) is 104 Å². The van der Waals surface area contributed by atoms with Crippen LogP contribution in [0.3, 0.4) is 0 Å². The summed E-state index contributed by atoms with van der Waals surface area (Å²) in [6.45, 7) is 0. The molecule has 154 valence electrons. The molecular formula is C20H15F2N3O4S. The van der Waals surface area contributed by atoms with Gasteiger partial charge in [-0.2, -0.15) is 0 Å². The third kappa shape index (κ3) is 3.29. The number of hydrogen-bond acceptors (Lipinski definition) is 6. The SMILES string of the molecule is O=C(NO)c1c(O)c(=O)ccn1NC1c2ccccc2SCc2c1ccc(F)c2F. The fourth-order valence-corrected chi connectivity index (χ4v) is 4.50. The van der Waals surface area contributed by atoms with Gasteiger partial charge in [-0.05, 0) is 23.3 Å². The Bertz CT molecular complexity index is 1220. The number of hydrogen-bond donors (Lipinski definition) is 4. The van der Waals surface area contributed by atoms with Gasteiger partial charge in [-0.25, -0.2) is 14.3 Å².